The zero-order valence-electron chi connectivity index (χ0n) is 10.9. The number of hydrogen-bond donors (Lipinski definition) is 0. The van der Waals surface area contributed by atoms with Gasteiger partial charge in [-0.3, -0.25) is 0 Å². The van der Waals surface area contributed by atoms with Gasteiger partial charge in [-0.2, -0.15) is 0 Å². The van der Waals surface area contributed by atoms with Crippen molar-refractivity contribution in [2.45, 2.75) is 38.8 Å². The van der Waals surface area contributed by atoms with Crippen LogP contribution in [0.2, 0.25) is 0 Å². The van der Waals surface area contributed by atoms with Crippen LogP contribution in [-0.4, -0.2) is 55.4 Å². The molecule has 1 aliphatic heterocycles. The van der Waals surface area contributed by atoms with Gasteiger partial charge in [0.2, 0.25) is 0 Å². The highest BCUT2D eigenvalue weighted by Crippen LogP contribution is 2.18. The van der Waals surface area contributed by atoms with Crippen molar-refractivity contribution in [1.82, 2.24) is 4.90 Å². The topological polar surface area (TPSA) is 80.8 Å². The van der Waals surface area contributed by atoms with Crippen LogP contribution in [0.5, 0.6) is 0 Å². The molecule has 1 aliphatic rings. The van der Waals surface area contributed by atoms with E-state index in [1.54, 1.807) is 20.8 Å². The molecule has 6 nitrogen and oxygen atoms in total. The second-order valence-electron chi connectivity index (χ2n) is 5.34. The van der Waals surface area contributed by atoms with Crippen molar-refractivity contribution < 1.29 is 22.7 Å². The van der Waals surface area contributed by atoms with E-state index >= 15 is 0 Å². The van der Waals surface area contributed by atoms with E-state index in [4.69, 9.17) is 4.74 Å². The first kappa shape index (κ1) is 14.9. The number of rotatable bonds is 2. The summed E-state index contributed by atoms with van der Waals surface area (Å²) in [5.41, 5.74) is -0.640. The fourth-order valence-corrected chi connectivity index (χ4v) is 3.30. The lowest BCUT2D eigenvalue weighted by Crippen LogP contribution is -2.52. The zero-order chi connectivity index (χ0) is 14.0. The van der Waals surface area contributed by atoms with Gasteiger partial charge in [0.05, 0.1) is 17.5 Å². The minimum atomic E-state index is -3.17. The average molecular weight is 277 g/mol. The largest absolute Gasteiger partial charge is 0.444 e. The van der Waals surface area contributed by atoms with Crippen molar-refractivity contribution in [3.63, 3.8) is 0 Å². The van der Waals surface area contributed by atoms with Gasteiger partial charge < -0.3 is 14.4 Å². The van der Waals surface area contributed by atoms with Gasteiger partial charge in [-0.25, -0.2) is 13.2 Å². The van der Waals surface area contributed by atoms with Gasteiger partial charge in [0, 0.05) is 13.0 Å². The van der Waals surface area contributed by atoms with E-state index in [1.165, 1.54) is 4.90 Å². The molecule has 0 radical (unpaired) electrons. The quantitative estimate of drug-likeness (QED) is 0.691. The van der Waals surface area contributed by atoms with Crippen molar-refractivity contribution in [1.29, 1.82) is 0 Å². The summed E-state index contributed by atoms with van der Waals surface area (Å²) in [7, 11) is -3.17. The third-order valence-corrected chi connectivity index (χ3v) is 4.22. The second kappa shape index (κ2) is 5.26. The molecule has 0 bridgehead atoms. The first-order valence-corrected chi connectivity index (χ1v) is 7.60. The molecule has 1 unspecified atom stereocenters. The third kappa shape index (κ3) is 4.29. The van der Waals surface area contributed by atoms with E-state index in [9.17, 15) is 18.0 Å². The Bertz CT molecular complexity index is 423. The third-order valence-electron chi connectivity index (χ3n) is 2.53. The molecular formula is C11H19NO5S. The molecule has 0 spiro atoms. The van der Waals surface area contributed by atoms with Gasteiger partial charge >= 0.3 is 6.09 Å². The average Bonchev–Trinajstić information content (AvgIpc) is 2.13. The normalized spacial score (nSPS) is 23.5. The monoisotopic (exact) mass is 277 g/mol. The number of nitrogens with zero attached hydrogens (tertiary/aromatic N) is 1. The highest BCUT2D eigenvalue weighted by atomic mass is 32.2. The van der Waals surface area contributed by atoms with Crippen LogP contribution in [0.1, 0.15) is 27.2 Å². The van der Waals surface area contributed by atoms with Gasteiger partial charge in [0.15, 0.2) is 9.84 Å². The molecule has 18 heavy (non-hydrogen) atoms. The molecule has 104 valence electrons. The Morgan fingerprint density at radius 2 is 2.06 bits per heavy atom. The highest BCUT2D eigenvalue weighted by molar-refractivity contribution is 7.91. The van der Waals surface area contributed by atoms with Crippen LogP contribution < -0.4 is 0 Å². The van der Waals surface area contributed by atoms with Crippen molar-refractivity contribution in [3.05, 3.63) is 0 Å². The Morgan fingerprint density at radius 1 is 1.44 bits per heavy atom. The molecule has 1 saturated heterocycles. The minimum absolute atomic E-state index is 0.0124. The maximum Gasteiger partial charge on any atom is 0.410 e. The number of carbonyl (C=O) groups is 2. The minimum Gasteiger partial charge on any atom is -0.444 e. The molecule has 0 saturated carbocycles. The summed E-state index contributed by atoms with van der Waals surface area (Å²) in [5.74, 6) is -0.257. The van der Waals surface area contributed by atoms with Crippen LogP contribution in [0.15, 0.2) is 0 Å². The molecule has 1 heterocycles. The summed E-state index contributed by atoms with van der Waals surface area (Å²) in [6.07, 6.45) is 0.0747. The fraction of sp³-hybridized carbons (Fsp3) is 0.818. The number of amides is 1. The smallest absolute Gasteiger partial charge is 0.410 e. The number of sulfone groups is 1. The predicted octanol–water partition coefficient (Wildman–Crippen LogP) is 0.610. The van der Waals surface area contributed by atoms with Crippen LogP contribution in [0.25, 0.3) is 0 Å². The van der Waals surface area contributed by atoms with Gasteiger partial charge in [0.25, 0.3) is 0 Å². The van der Waals surface area contributed by atoms with Crippen LogP contribution >= 0.6 is 0 Å². The number of aldehydes is 1. The summed E-state index contributed by atoms with van der Waals surface area (Å²) >= 11 is 0. The molecule has 0 aliphatic carbocycles. The molecule has 1 rings (SSSR count). The number of hydrogen-bond acceptors (Lipinski definition) is 5. The molecule has 7 heteroatoms. The van der Waals surface area contributed by atoms with E-state index in [2.05, 4.69) is 0 Å². The number of ether oxygens (including phenoxy) is 1. The second-order valence-corrected chi connectivity index (χ2v) is 7.57. The molecule has 0 aromatic rings. The van der Waals surface area contributed by atoms with Crippen molar-refractivity contribution >= 4 is 22.2 Å². The molecule has 1 amide bonds. The first-order valence-electron chi connectivity index (χ1n) is 5.78. The van der Waals surface area contributed by atoms with E-state index in [0.717, 1.165) is 0 Å². The van der Waals surface area contributed by atoms with E-state index in [-0.39, 0.29) is 24.5 Å². The first-order chi connectivity index (χ1) is 8.14. The lowest BCUT2D eigenvalue weighted by atomic mass is 10.2. The van der Waals surface area contributed by atoms with Crippen molar-refractivity contribution in [2.24, 2.45) is 0 Å². The molecule has 0 aromatic heterocycles. The van der Waals surface area contributed by atoms with Crippen LogP contribution in [0, 0.1) is 0 Å². The standard InChI is InChI=1S/C11H19NO5S/c1-11(2,3)17-10(14)12-5-7-18(15,16)8-9(12)4-6-13/h6,9H,4-5,7-8H2,1-3H3. The summed E-state index contributed by atoms with van der Waals surface area (Å²) in [4.78, 5) is 23.8. The predicted molar refractivity (Wildman–Crippen MR) is 66.1 cm³/mol. The Morgan fingerprint density at radius 3 is 2.56 bits per heavy atom. The van der Waals surface area contributed by atoms with Crippen molar-refractivity contribution in [2.75, 3.05) is 18.1 Å². The lowest BCUT2D eigenvalue weighted by Gasteiger charge is -2.35. The molecule has 0 N–H and O–H groups in total. The summed E-state index contributed by atoms with van der Waals surface area (Å²) in [5, 5.41) is 0. The van der Waals surface area contributed by atoms with Gasteiger partial charge in [-0.1, -0.05) is 0 Å². The van der Waals surface area contributed by atoms with Gasteiger partial charge in [-0.15, -0.1) is 0 Å². The Hall–Kier alpha value is -1.11. The maximum absolute atomic E-state index is 11.9. The SMILES string of the molecule is CC(C)(C)OC(=O)N1CCS(=O)(=O)CC1CC=O. The van der Waals surface area contributed by atoms with Crippen LogP contribution in [0.4, 0.5) is 4.79 Å². The molecule has 0 aromatic carbocycles. The molecule has 1 fully saturated rings. The van der Waals surface area contributed by atoms with E-state index in [0.29, 0.717) is 6.29 Å². The Kier molecular flexibility index (Phi) is 4.37. The number of carbonyl (C=O) groups excluding carboxylic acids is 2. The molecular weight excluding hydrogens is 258 g/mol. The lowest BCUT2D eigenvalue weighted by molar-refractivity contribution is -0.108. The fourth-order valence-electron chi connectivity index (χ4n) is 1.75. The van der Waals surface area contributed by atoms with Crippen LogP contribution in [-0.2, 0) is 19.4 Å². The van der Waals surface area contributed by atoms with E-state index in [1.807, 2.05) is 0 Å². The van der Waals surface area contributed by atoms with E-state index < -0.39 is 27.6 Å². The molecule has 1 atom stereocenters. The van der Waals surface area contributed by atoms with Gasteiger partial charge in [-0.05, 0) is 20.8 Å². The zero-order valence-corrected chi connectivity index (χ0v) is 11.7. The van der Waals surface area contributed by atoms with Crippen LogP contribution in [0.3, 0.4) is 0 Å². The summed E-state index contributed by atoms with van der Waals surface area (Å²) in [6.45, 7) is 5.29. The maximum atomic E-state index is 11.9. The van der Waals surface area contributed by atoms with Gasteiger partial charge in [0.1, 0.15) is 11.9 Å². The summed E-state index contributed by atoms with van der Waals surface area (Å²) in [6, 6.07) is -0.615. The highest BCUT2D eigenvalue weighted by Gasteiger charge is 2.35. The Labute approximate surface area is 107 Å². The Balaban J connectivity index is 2.80. The summed E-state index contributed by atoms with van der Waals surface area (Å²) < 4.78 is 28.2. The van der Waals surface area contributed by atoms with Crippen molar-refractivity contribution in [3.8, 4) is 0 Å².